The summed E-state index contributed by atoms with van der Waals surface area (Å²) in [5.41, 5.74) is 4.42. The first-order valence-electron chi connectivity index (χ1n) is 9.26. The molecule has 138 valence electrons. The highest BCUT2D eigenvalue weighted by Gasteiger charge is 2.16. The van der Waals surface area contributed by atoms with Gasteiger partial charge in [-0.15, -0.1) is 5.10 Å². The van der Waals surface area contributed by atoms with Crippen LogP contribution in [0.2, 0.25) is 0 Å². The SMILES string of the molecule is c1ccc(-n2ncc3c2ncn2nc(-c4ccccc4-n4cccc4)nc32)cc1. The van der Waals surface area contributed by atoms with Crippen molar-refractivity contribution >= 4 is 16.7 Å². The Morgan fingerprint density at radius 3 is 2.41 bits per heavy atom. The lowest BCUT2D eigenvalue weighted by Crippen LogP contribution is -1.98. The molecule has 0 amide bonds. The van der Waals surface area contributed by atoms with E-state index in [2.05, 4.69) is 25.8 Å². The Hall–Kier alpha value is -4.26. The fourth-order valence-corrected chi connectivity index (χ4v) is 3.58. The van der Waals surface area contributed by atoms with Crippen molar-refractivity contribution in [3.63, 3.8) is 0 Å². The van der Waals surface area contributed by atoms with Crippen LogP contribution in [0.4, 0.5) is 0 Å². The van der Waals surface area contributed by atoms with Gasteiger partial charge in [0.1, 0.15) is 6.33 Å². The molecule has 7 heteroatoms. The predicted molar refractivity (Wildman–Crippen MR) is 110 cm³/mol. The van der Waals surface area contributed by atoms with E-state index in [0.717, 1.165) is 33.6 Å². The van der Waals surface area contributed by atoms with Gasteiger partial charge in [0.25, 0.3) is 0 Å². The van der Waals surface area contributed by atoms with E-state index in [0.29, 0.717) is 5.82 Å². The summed E-state index contributed by atoms with van der Waals surface area (Å²) < 4.78 is 5.58. The molecule has 0 aliphatic rings. The Balaban J connectivity index is 1.55. The fourth-order valence-electron chi connectivity index (χ4n) is 3.58. The Kier molecular flexibility index (Phi) is 3.33. The van der Waals surface area contributed by atoms with Crippen LogP contribution in [0, 0.1) is 0 Å². The zero-order chi connectivity index (χ0) is 19.2. The highest BCUT2D eigenvalue weighted by Crippen LogP contribution is 2.26. The molecule has 2 aromatic carbocycles. The highest BCUT2D eigenvalue weighted by molar-refractivity contribution is 5.90. The fraction of sp³-hybridized carbons (Fsp3) is 0. The first-order valence-corrected chi connectivity index (χ1v) is 9.26. The van der Waals surface area contributed by atoms with Gasteiger partial charge in [-0.1, -0.05) is 30.3 Å². The zero-order valence-electron chi connectivity index (χ0n) is 15.3. The van der Waals surface area contributed by atoms with E-state index < -0.39 is 0 Å². The number of rotatable bonds is 3. The quantitative estimate of drug-likeness (QED) is 0.469. The second-order valence-electron chi connectivity index (χ2n) is 6.68. The molecule has 0 N–H and O–H groups in total. The lowest BCUT2D eigenvalue weighted by molar-refractivity contribution is 0.882. The highest BCUT2D eigenvalue weighted by atomic mass is 15.3. The summed E-state index contributed by atoms with van der Waals surface area (Å²) in [6.45, 7) is 0. The van der Waals surface area contributed by atoms with Gasteiger partial charge in [-0.05, 0) is 36.4 Å². The lowest BCUT2D eigenvalue weighted by atomic mass is 10.1. The van der Waals surface area contributed by atoms with Crippen molar-refractivity contribution in [2.75, 3.05) is 0 Å². The Morgan fingerprint density at radius 2 is 1.55 bits per heavy atom. The third kappa shape index (κ3) is 2.45. The molecular weight excluding hydrogens is 362 g/mol. The summed E-state index contributed by atoms with van der Waals surface area (Å²) in [5.74, 6) is 0.649. The Bertz CT molecular complexity index is 1440. The van der Waals surface area contributed by atoms with Crippen molar-refractivity contribution in [3.8, 4) is 22.8 Å². The second kappa shape index (κ2) is 6.13. The normalized spacial score (nSPS) is 11.4. The third-order valence-electron chi connectivity index (χ3n) is 4.93. The molecule has 0 atom stereocenters. The molecule has 29 heavy (non-hydrogen) atoms. The van der Waals surface area contributed by atoms with Crippen molar-refractivity contribution < 1.29 is 0 Å². The van der Waals surface area contributed by atoms with Crippen LogP contribution < -0.4 is 0 Å². The van der Waals surface area contributed by atoms with Gasteiger partial charge < -0.3 is 4.57 Å². The van der Waals surface area contributed by atoms with Crippen molar-refractivity contribution in [3.05, 3.63) is 91.6 Å². The molecule has 0 bridgehead atoms. The minimum Gasteiger partial charge on any atom is -0.323 e. The molecule has 0 radical (unpaired) electrons. The Labute approximate surface area is 165 Å². The zero-order valence-corrected chi connectivity index (χ0v) is 15.3. The largest absolute Gasteiger partial charge is 0.323 e. The van der Waals surface area contributed by atoms with Crippen LogP contribution in [-0.2, 0) is 0 Å². The number of para-hydroxylation sites is 2. The average molecular weight is 377 g/mol. The number of benzene rings is 2. The molecule has 0 spiro atoms. The molecule has 0 saturated carbocycles. The first-order chi connectivity index (χ1) is 14.4. The van der Waals surface area contributed by atoms with Crippen molar-refractivity contribution in [2.24, 2.45) is 0 Å². The van der Waals surface area contributed by atoms with E-state index in [4.69, 9.17) is 4.98 Å². The van der Waals surface area contributed by atoms with Crippen molar-refractivity contribution in [1.29, 1.82) is 0 Å². The molecule has 0 fully saturated rings. The number of nitrogens with zero attached hydrogens (tertiary/aromatic N) is 7. The minimum atomic E-state index is 0.649. The van der Waals surface area contributed by atoms with E-state index >= 15 is 0 Å². The maximum Gasteiger partial charge on any atom is 0.184 e. The van der Waals surface area contributed by atoms with Crippen LogP contribution in [0.25, 0.3) is 39.4 Å². The molecule has 4 aromatic heterocycles. The maximum absolute atomic E-state index is 4.83. The van der Waals surface area contributed by atoms with Crippen LogP contribution in [-0.4, -0.2) is 33.9 Å². The standard InChI is InChI=1S/C22H15N7/c1-2-8-16(9-3-1)29-21-18(14-24-29)22-25-20(26-28(22)15-23-21)17-10-4-5-11-19(17)27-12-6-7-13-27/h1-15H. The lowest BCUT2D eigenvalue weighted by Gasteiger charge is -2.07. The van der Waals surface area contributed by atoms with Crippen molar-refractivity contribution in [1.82, 2.24) is 33.9 Å². The molecule has 7 nitrogen and oxygen atoms in total. The first kappa shape index (κ1) is 15.8. The van der Waals surface area contributed by atoms with Gasteiger partial charge in [0.05, 0.1) is 23.0 Å². The van der Waals surface area contributed by atoms with Crippen LogP contribution in [0.3, 0.4) is 0 Å². The predicted octanol–water partition coefficient (Wildman–Crippen LogP) is 3.92. The smallest absolute Gasteiger partial charge is 0.184 e. The number of hydrogen-bond donors (Lipinski definition) is 0. The molecule has 0 aliphatic carbocycles. The van der Waals surface area contributed by atoms with Gasteiger partial charge in [0.15, 0.2) is 17.1 Å². The molecular formula is C22H15N7. The van der Waals surface area contributed by atoms with Crippen molar-refractivity contribution in [2.45, 2.75) is 0 Å². The van der Waals surface area contributed by atoms with Gasteiger partial charge in [0, 0.05) is 18.0 Å². The van der Waals surface area contributed by atoms with Crippen LogP contribution in [0.5, 0.6) is 0 Å². The molecule has 0 unspecified atom stereocenters. The molecule has 0 saturated heterocycles. The summed E-state index contributed by atoms with van der Waals surface area (Å²) in [4.78, 5) is 9.41. The Morgan fingerprint density at radius 1 is 0.759 bits per heavy atom. The van der Waals surface area contributed by atoms with Crippen LogP contribution in [0.1, 0.15) is 0 Å². The molecule has 4 heterocycles. The van der Waals surface area contributed by atoms with Crippen LogP contribution in [0.15, 0.2) is 91.6 Å². The van der Waals surface area contributed by atoms with E-state index in [1.165, 1.54) is 0 Å². The summed E-state index contributed by atoms with van der Waals surface area (Å²) in [7, 11) is 0. The maximum atomic E-state index is 4.83. The van der Waals surface area contributed by atoms with E-state index in [-0.39, 0.29) is 0 Å². The number of hydrogen-bond acceptors (Lipinski definition) is 4. The molecule has 6 rings (SSSR count). The molecule has 6 aromatic rings. The third-order valence-corrected chi connectivity index (χ3v) is 4.93. The molecule has 0 aliphatic heterocycles. The van der Waals surface area contributed by atoms with E-state index in [1.807, 2.05) is 77.7 Å². The summed E-state index contributed by atoms with van der Waals surface area (Å²) >= 11 is 0. The van der Waals surface area contributed by atoms with Crippen LogP contribution >= 0.6 is 0 Å². The van der Waals surface area contributed by atoms with Gasteiger partial charge in [-0.2, -0.15) is 5.10 Å². The second-order valence-corrected chi connectivity index (χ2v) is 6.68. The van der Waals surface area contributed by atoms with Gasteiger partial charge >= 0.3 is 0 Å². The minimum absolute atomic E-state index is 0.649. The van der Waals surface area contributed by atoms with Gasteiger partial charge in [-0.3, -0.25) is 0 Å². The summed E-state index contributed by atoms with van der Waals surface area (Å²) in [6, 6.07) is 22.0. The topological polar surface area (TPSA) is 65.8 Å². The van der Waals surface area contributed by atoms with Gasteiger partial charge in [-0.25, -0.2) is 19.2 Å². The van der Waals surface area contributed by atoms with E-state index in [9.17, 15) is 0 Å². The summed E-state index contributed by atoms with van der Waals surface area (Å²) in [6.07, 6.45) is 7.51. The monoisotopic (exact) mass is 377 g/mol. The number of aromatic nitrogens is 7. The van der Waals surface area contributed by atoms with Gasteiger partial charge in [0.2, 0.25) is 0 Å². The summed E-state index contributed by atoms with van der Waals surface area (Å²) in [5, 5.41) is 10.1. The van der Waals surface area contributed by atoms with E-state index in [1.54, 1.807) is 17.0 Å². The number of fused-ring (bicyclic) bond motifs is 3. The average Bonchev–Trinajstić information content (AvgIpc) is 3.53.